The van der Waals surface area contributed by atoms with Crippen LogP contribution in [-0.4, -0.2) is 56.0 Å². The fourth-order valence-corrected chi connectivity index (χ4v) is 4.52. The first-order valence-electron chi connectivity index (χ1n) is 9.22. The van der Waals surface area contributed by atoms with Gasteiger partial charge in [0.15, 0.2) is 0 Å². The molecule has 2 amide bonds. The number of hydrogen-bond donors (Lipinski definition) is 1. The number of methoxy groups -OCH3 is 1. The number of benzene rings is 1. The molecule has 2 heterocycles. The Balaban J connectivity index is 1.56. The van der Waals surface area contributed by atoms with Gasteiger partial charge >= 0.3 is 0 Å². The lowest BCUT2D eigenvalue weighted by atomic mass is 10.2. The molecule has 6 nitrogen and oxygen atoms in total. The number of carbonyl (C=O) groups excluding carboxylic acids is 2. The number of nitrogens with one attached hydrogen (secondary N) is 1. The maximum atomic E-state index is 12.8. The molecule has 0 radical (unpaired) electrons. The van der Waals surface area contributed by atoms with Crippen LogP contribution in [0.25, 0.3) is 0 Å². The van der Waals surface area contributed by atoms with Gasteiger partial charge in [0.2, 0.25) is 5.91 Å². The van der Waals surface area contributed by atoms with Crippen molar-refractivity contribution in [1.29, 1.82) is 0 Å². The number of rotatable bonds is 5. The lowest BCUT2D eigenvalue weighted by molar-refractivity contribution is -0.132. The third-order valence-corrected chi connectivity index (χ3v) is 6.38. The molecule has 1 saturated heterocycles. The normalized spacial score (nSPS) is 15.7. The molecule has 28 heavy (non-hydrogen) atoms. The quantitative estimate of drug-likeness (QED) is 0.734. The van der Waals surface area contributed by atoms with E-state index in [0.717, 1.165) is 34.7 Å². The number of amides is 2. The maximum Gasteiger partial charge on any atom is 0.262 e. The van der Waals surface area contributed by atoms with Crippen LogP contribution < -0.4 is 15.0 Å². The molecule has 2 aromatic rings. The largest absolute Gasteiger partial charge is 0.497 e. The lowest BCUT2D eigenvalue weighted by Gasteiger charge is -2.26. The first-order valence-corrected chi connectivity index (χ1v) is 10.8. The summed E-state index contributed by atoms with van der Waals surface area (Å²) in [6.45, 7) is 4.72. The molecule has 8 heteroatoms. The summed E-state index contributed by atoms with van der Waals surface area (Å²) in [5.41, 5.74) is 1.12. The van der Waals surface area contributed by atoms with E-state index in [0.29, 0.717) is 18.0 Å². The van der Waals surface area contributed by atoms with E-state index in [1.54, 1.807) is 20.1 Å². The Morgan fingerprint density at radius 2 is 1.86 bits per heavy atom. The Hall–Kier alpha value is -2.06. The molecule has 1 fully saturated rings. The number of anilines is 1. The second-order valence-electron chi connectivity index (χ2n) is 6.66. The van der Waals surface area contributed by atoms with Crippen molar-refractivity contribution >= 4 is 44.8 Å². The van der Waals surface area contributed by atoms with Crippen LogP contribution in [0.3, 0.4) is 0 Å². The van der Waals surface area contributed by atoms with Crippen LogP contribution in [0.4, 0.5) is 5.69 Å². The van der Waals surface area contributed by atoms with E-state index in [9.17, 15) is 9.59 Å². The molecule has 0 bridgehead atoms. The molecule has 1 atom stereocenters. The molecule has 1 unspecified atom stereocenters. The van der Waals surface area contributed by atoms with Gasteiger partial charge in [0.1, 0.15) is 11.8 Å². The number of carbonyl (C=O) groups is 2. The summed E-state index contributed by atoms with van der Waals surface area (Å²) in [5.74, 6) is 0.574. The minimum atomic E-state index is -0.555. The Kier molecular flexibility index (Phi) is 6.96. The Labute approximate surface area is 177 Å². The van der Waals surface area contributed by atoms with Crippen LogP contribution in [0.5, 0.6) is 5.75 Å². The molecule has 1 aliphatic rings. The van der Waals surface area contributed by atoms with E-state index in [-0.39, 0.29) is 11.8 Å². The van der Waals surface area contributed by atoms with Gasteiger partial charge in [-0.05, 0) is 65.7 Å². The lowest BCUT2D eigenvalue weighted by Crippen LogP contribution is -2.47. The molecule has 0 spiro atoms. The van der Waals surface area contributed by atoms with Crippen molar-refractivity contribution in [2.24, 2.45) is 0 Å². The fraction of sp³-hybridized carbons (Fsp3) is 0.400. The van der Waals surface area contributed by atoms with Crippen LogP contribution in [-0.2, 0) is 4.79 Å². The third kappa shape index (κ3) is 5.05. The number of thiophene rings is 1. The summed E-state index contributed by atoms with van der Waals surface area (Å²) < 4.78 is 6.10. The highest BCUT2D eigenvalue weighted by Gasteiger charge is 2.25. The van der Waals surface area contributed by atoms with E-state index in [2.05, 4.69) is 26.1 Å². The van der Waals surface area contributed by atoms with Gasteiger partial charge in [-0.15, -0.1) is 11.3 Å². The molecule has 150 valence electrons. The maximum absolute atomic E-state index is 12.8. The second kappa shape index (κ2) is 9.43. The van der Waals surface area contributed by atoms with E-state index < -0.39 is 6.04 Å². The summed E-state index contributed by atoms with van der Waals surface area (Å²) >= 11 is 4.70. The SMILES string of the molecule is COc1ccc(N2CCCN(C(=O)C(C)NC(=O)c3ccc(Br)s3)CC2)cc1. The van der Waals surface area contributed by atoms with Crippen molar-refractivity contribution in [3.05, 3.63) is 45.1 Å². The van der Waals surface area contributed by atoms with Crippen molar-refractivity contribution < 1.29 is 14.3 Å². The van der Waals surface area contributed by atoms with Gasteiger partial charge in [0.05, 0.1) is 15.8 Å². The van der Waals surface area contributed by atoms with Gasteiger partial charge in [-0.3, -0.25) is 9.59 Å². The zero-order chi connectivity index (χ0) is 20.1. The van der Waals surface area contributed by atoms with Crippen LogP contribution >= 0.6 is 27.3 Å². The van der Waals surface area contributed by atoms with Gasteiger partial charge in [-0.25, -0.2) is 0 Å². The van der Waals surface area contributed by atoms with Crippen molar-refractivity contribution in [3.8, 4) is 5.75 Å². The zero-order valence-corrected chi connectivity index (χ0v) is 18.4. The smallest absolute Gasteiger partial charge is 0.262 e. The number of halogens is 1. The summed E-state index contributed by atoms with van der Waals surface area (Å²) in [5, 5.41) is 2.81. The summed E-state index contributed by atoms with van der Waals surface area (Å²) in [7, 11) is 1.65. The minimum absolute atomic E-state index is 0.0412. The van der Waals surface area contributed by atoms with E-state index in [1.807, 2.05) is 35.2 Å². The molecule has 1 aromatic carbocycles. The number of nitrogens with zero attached hydrogens (tertiary/aromatic N) is 2. The average molecular weight is 466 g/mol. The predicted molar refractivity (Wildman–Crippen MR) is 115 cm³/mol. The Morgan fingerprint density at radius 1 is 1.11 bits per heavy atom. The van der Waals surface area contributed by atoms with E-state index in [1.165, 1.54) is 11.3 Å². The van der Waals surface area contributed by atoms with Gasteiger partial charge in [-0.1, -0.05) is 0 Å². The first-order chi connectivity index (χ1) is 13.5. The first kappa shape index (κ1) is 20.7. The van der Waals surface area contributed by atoms with Crippen LogP contribution in [0.15, 0.2) is 40.2 Å². The molecule has 1 N–H and O–H groups in total. The van der Waals surface area contributed by atoms with Crippen LogP contribution in [0.1, 0.15) is 23.0 Å². The zero-order valence-electron chi connectivity index (χ0n) is 16.0. The molecule has 1 aromatic heterocycles. The molecule has 3 rings (SSSR count). The van der Waals surface area contributed by atoms with Crippen molar-refractivity contribution in [2.75, 3.05) is 38.2 Å². The second-order valence-corrected chi connectivity index (χ2v) is 9.13. The summed E-state index contributed by atoms with van der Waals surface area (Å²) in [6.07, 6.45) is 0.885. The Morgan fingerprint density at radius 3 is 2.50 bits per heavy atom. The highest BCUT2D eigenvalue weighted by Crippen LogP contribution is 2.22. The standard InChI is InChI=1S/C20H24BrN3O3S/c1-14(22-19(25)17-8-9-18(21)28-17)20(26)24-11-3-10-23(12-13-24)15-4-6-16(27-2)7-5-15/h4-9,14H,3,10-13H2,1-2H3,(H,22,25). The highest BCUT2D eigenvalue weighted by atomic mass is 79.9. The third-order valence-electron chi connectivity index (χ3n) is 4.76. The van der Waals surface area contributed by atoms with Crippen LogP contribution in [0.2, 0.25) is 0 Å². The van der Waals surface area contributed by atoms with Crippen molar-refractivity contribution in [1.82, 2.24) is 10.2 Å². The fourth-order valence-electron chi connectivity index (χ4n) is 3.23. The molecular weight excluding hydrogens is 442 g/mol. The highest BCUT2D eigenvalue weighted by molar-refractivity contribution is 9.11. The average Bonchev–Trinajstić information content (AvgIpc) is 3.00. The topological polar surface area (TPSA) is 61.9 Å². The van der Waals surface area contributed by atoms with Crippen molar-refractivity contribution in [2.45, 2.75) is 19.4 Å². The summed E-state index contributed by atoms with van der Waals surface area (Å²) in [4.78, 5) is 29.8. The van der Waals surface area contributed by atoms with Gasteiger partial charge in [0, 0.05) is 31.9 Å². The summed E-state index contributed by atoms with van der Waals surface area (Å²) in [6, 6.07) is 11.0. The van der Waals surface area contributed by atoms with Crippen molar-refractivity contribution in [3.63, 3.8) is 0 Å². The number of ether oxygens (including phenoxy) is 1. The Bertz CT molecular complexity index is 824. The molecule has 0 aliphatic carbocycles. The van der Waals surface area contributed by atoms with E-state index >= 15 is 0 Å². The van der Waals surface area contributed by atoms with E-state index in [4.69, 9.17) is 4.74 Å². The predicted octanol–water partition coefficient (Wildman–Crippen LogP) is 3.38. The molecular formula is C20H24BrN3O3S. The number of hydrogen-bond acceptors (Lipinski definition) is 5. The molecule has 0 saturated carbocycles. The van der Waals surface area contributed by atoms with Crippen LogP contribution in [0, 0.1) is 0 Å². The monoisotopic (exact) mass is 465 g/mol. The minimum Gasteiger partial charge on any atom is -0.497 e. The van der Waals surface area contributed by atoms with Gasteiger partial charge in [0.25, 0.3) is 5.91 Å². The van der Waals surface area contributed by atoms with Gasteiger partial charge < -0.3 is 19.9 Å². The van der Waals surface area contributed by atoms with Gasteiger partial charge in [-0.2, -0.15) is 0 Å². The molecule has 1 aliphatic heterocycles.